The first-order chi connectivity index (χ1) is 12.1. The summed E-state index contributed by atoms with van der Waals surface area (Å²) < 4.78 is 20.0. The molecular weight excluding hydrogens is 317 g/mol. The Bertz CT molecular complexity index is 967. The quantitative estimate of drug-likeness (QED) is 0.718. The van der Waals surface area contributed by atoms with Crippen LogP contribution in [0, 0.1) is 5.82 Å². The van der Waals surface area contributed by atoms with Crippen molar-refractivity contribution in [2.24, 2.45) is 0 Å². The fourth-order valence-electron chi connectivity index (χ4n) is 3.35. The van der Waals surface area contributed by atoms with Crippen molar-refractivity contribution >= 4 is 16.7 Å². The molecule has 0 fully saturated rings. The maximum Gasteiger partial charge on any atom is 0.254 e. The van der Waals surface area contributed by atoms with Gasteiger partial charge >= 0.3 is 0 Å². The molecule has 0 saturated carbocycles. The number of fused-ring (bicyclic) bond motifs is 2. The average molecular weight is 335 g/mol. The van der Waals surface area contributed by atoms with Crippen LogP contribution in [0.15, 0.2) is 54.6 Å². The van der Waals surface area contributed by atoms with Crippen LogP contribution < -0.4 is 4.74 Å². The molecule has 3 aromatic carbocycles. The highest BCUT2D eigenvalue weighted by molar-refractivity contribution is 5.97. The van der Waals surface area contributed by atoms with Crippen LogP contribution in [0.4, 0.5) is 4.39 Å². The molecule has 0 radical (unpaired) electrons. The number of nitrogens with zero attached hydrogens (tertiary/aromatic N) is 1. The van der Waals surface area contributed by atoms with Crippen molar-refractivity contribution in [3.63, 3.8) is 0 Å². The maximum absolute atomic E-state index is 14.0. The van der Waals surface area contributed by atoms with Gasteiger partial charge in [0, 0.05) is 30.1 Å². The zero-order valence-electron chi connectivity index (χ0n) is 14.0. The van der Waals surface area contributed by atoms with Crippen molar-refractivity contribution in [1.29, 1.82) is 0 Å². The highest BCUT2D eigenvalue weighted by atomic mass is 19.1. The van der Waals surface area contributed by atoms with E-state index in [-0.39, 0.29) is 11.7 Å². The van der Waals surface area contributed by atoms with Crippen molar-refractivity contribution in [2.75, 3.05) is 13.6 Å². The number of hydrogen-bond donors (Lipinski definition) is 0. The van der Waals surface area contributed by atoms with Gasteiger partial charge < -0.3 is 9.64 Å². The predicted molar refractivity (Wildman–Crippen MR) is 95.3 cm³/mol. The fourth-order valence-corrected chi connectivity index (χ4v) is 3.35. The summed E-state index contributed by atoms with van der Waals surface area (Å²) in [5.74, 6) is 0.524. The minimum Gasteiger partial charge on any atom is -0.489 e. The van der Waals surface area contributed by atoms with Gasteiger partial charge in [-0.05, 0) is 35.6 Å². The molecule has 0 aliphatic carbocycles. The summed E-state index contributed by atoms with van der Waals surface area (Å²) in [4.78, 5) is 14.0. The van der Waals surface area contributed by atoms with Crippen molar-refractivity contribution in [2.45, 2.75) is 13.0 Å². The molecule has 0 atom stereocenters. The molecule has 126 valence electrons. The zero-order valence-corrected chi connectivity index (χ0v) is 14.0. The third kappa shape index (κ3) is 2.74. The van der Waals surface area contributed by atoms with Gasteiger partial charge in [-0.25, -0.2) is 4.39 Å². The highest BCUT2D eigenvalue weighted by Crippen LogP contribution is 2.29. The largest absolute Gasteiger partial charge is 0.489 e. The number of amides is 1. The van der Waals surface area contributed by atoms with Crippen LogP contribution in [0.1, 0.15) is 21.5 Å². The van der Waals surface area contributed by atoms with Crippen LogP contribution >= 0.6 is 0 Å². The number of halogens is 1. The molecule has 1 amide bonds. The Kier molecular flexibility index (Phi) is 3.88. The molecule has 1 aliphatic heterocycles. The van der Waals surface area contributed by atoms with Crippen molar-refractivity contribution in [1.82, 2.24) is 4.90 Å². The predicted octanol–water partition coefficient (Wildman–Crippen LogP) is 4.19. The Morgan fingerprint density at radius 3 is 2.68 bits per heavy atom. The van der Waals surface area contributed by atoms with Crippen LogP contribution in [0.5, 0.6) is 5.75 Å². The second-order valence-electron chi connectivity index (χ2n) is 6.30. The third-order valence-corrected chi connectivity index (χ3v) is 4.75. The lowest BCUT2D eigenvalue weighted by Crippen LogP contribution is -2.34. The van der Waals surface area contributed by atoms with Crippen LogP contribution in [-0.4, -0.2) is 24.4 Å². The molecule has 0 bridgehead atoms. The topological polar surface area (TPSA) is 29.5 Å². The van der Waals surface area contributed by atoms with Gasteiger partial charge in [-0.1, -0.05) is 36.4 Å². The van der Waals surface area contributed by atoms with Gasteiger partial charge in [-0.2, -0.15) is 0 Å². The lowest BCUT2D eigenvalue weighted by Gasteiger charge is -2.26. The zero-order chi connectivity index (χ0) is 17.4. The van der Waals surface area contributed by atoms with Gasteiger partial charge in [0.05, 0.1) is 0 Å². The van der Waals surface area contributed by atoms with E-state index in [4.69, 9.17) is 4.74 Å². The maximum atomic E-state index is 14.0. The van der Waals surface area contributed by atoms with Gasteiger partial charge in [-0.3, -0.25) is 4.79 Å². The number of hydrogen-bond acceptors (Lipinski definition) is 2. The Balaban J connectivity index is 1.65. The van der Waals surface area contributed by atoms with Gasteiger partial charge in [-0.15, -0.1) is 0 Å². The summed E-state index contributed by atoms with van der Waals surface area (Å²) in [5, 5.41) is 1.44. The summed E-state index contributed by atoms with van der Waals surface area (Å²) in [6.07, 6.45) is 0.776. The van der Waals surface area contributed by atoms with E-state index in [2.05, 4.69) is 0 Å². The molecule has 0 aromatic heterocycles. The smallest absolute Gasteiger partial charge is 0.254 e. The third-order valence-electron chi connectivity index (χ3n) is 4.75. The SMILES string of the molecule is CN1CCc2c(OCc3ccc(F)c4ccccc34)cccc2C1=O. The first-order valence-corrected chi connectivity index (χ1v) is 8.31. The molecule has 1 heterocycles. The molecule has 25 heavy (non-hydrogen) atoms. The average Bonchev–Trinajstić information content (AvgIpc) is 2.64. The van der Waals surface area contributed by atoms with Crippen LogP contribution in [0.2, 0.25) is 0 Å². The molecule has 0 N–H and O–H groups in total. The monoisotopic (exact) mass is 335 g/mol. The first kappa shape index (κ1) is 15.6. The summed E-state index contributed by atoms with van der Waals surface area (Å²) in [6.45, 7) is 1.02. The van der Waals surface area contributed by atoms with E-state index >= 15 is 0 Å². The van der Waals surface area contributed by atoms with E-state index < -0.39 is 0 Å². The Morgan fingerprint density at radius 2 is 1.84 bits per heavy atom. The van der Waals surface area contributed by atoms with E-state index in [0.29, 0.717) is 24.1 Å². The van der Waals surface area contributed by atoms with E-state index in [1.807, 2.05) is 43.4 Å². The van der Waals surface area contributed by atoms with Crippen LogP contribution in [0.25, 0.3) is 10.8 Å². The molecule has 4 rings (SSSR count). The van der Waals surface area contributed by atoms with Gasteiger partial charge in [0.25, 0.3) is 5.91 Å². The van der Waals surface area contributed by atoms with E-state index in [9.17, 15) is 9.18 Å². The van der Waals surface area contributed by atoms with Crippen molar-refractivity contribution in [3.8, 4) is 5.75 Å². The summed E-state index contributed by atoms with van der Waals surface area (Å²) in [6, 6.07) is 16.2. The molecule has 0 spiro atoms. The van der Waals surface area contributed by atoms with Crippen molar-refractivity contribution < 1.29 is 13.9 Å². The Labute approximate surface area is 145 Å². The summed E-state index contributed by atoms with van der Waals surface area (Å²) in [7, 11) is 1.81. The summed E-state index contributed by atoms with van der Waals surface area (Å²) in [5.41, 5.74) is 2.58. The number of benzene rings is 3. The Hall–Kier alpha value is -2.88. The number of carbonyl (C=O) groups is 1. The number of ether oxygens (including phenoxy) is 1. The second-order valence-corrected chi connectivity index (χ2v) is 6.30. The molecule has 1 aliphatic rings. The van der Waals surface area contributed by atoms with E-state index in [1.54, 1.807) is 17.0 Å². The lowest BCUT2D eigenvalue weighted by molar-refractivity contribution is 0.0779. The van der Waals surface area contributed by atoms with Crippen LogP contribution in [0.3, 0.4) is 0 Å². The molecule has 0 saturated heterocycles. The molecule has 3 aromatic rings. The molecule has 0 unspecified atom stereocenters. The van der Waals surface area contributed by atoms with Crippen LogP contribution in [-0.2, 0) is 13.0 Å². The number of likely N-dealkylation sites (N-methyl/N-ethyl adjacent to an activating group) is 1. The summed E-state index contributed by atoms with van der Waals surface area (Å²) >= 11 is 0. The Morgan fingerprint density at radius 1 is 1.04 bits per heavy atom. The number of carbonyl (C=O) groups excluding carboxylic acids is 1. The minimum absolute atomic E-state index is 0.0268. The lowest BCUT2D eigenvalue weighted by atomic mass is 9.98. The number of rotatable bonds is 3. The first-order valence-electron chi connectivity index (χ1n) is 8.31. The normalized spacial score (nSPS) is 13.8. The molecular formula is C21H18FNO2. The van der Waals surface area contributed by atoms with E-state index in [1.165, 1.54) is 6.07 Å². The van der Waals surface area contributed by atoms with E-state index in [0.717, 1.165) is 28.7 Å². The fraction of sp³-hybridized carbons (Fsp3) is 0.190. The molecule has 4 heteroatoms. The highest BCUT2D eigenvalue weighted by Gasteiger charge is 2.24. The van der Waals surface area contributed by atoms with Gasteiger partial charge in [0.1, 0.15) is 18.2 Å². The van der Waals surface area contributed by atoms with Crippen molar-refractivity contribution in [3.05, 3.63) is 77.1 Å². The second kappa shape index (κ2) is 6.20. The molecule has 3 nitrogen and oxygen atoms in total. The standard InChI is InChI=1S/C21H18FNO2/c1-23-12-11-17-18(21(23)24)7-4-8-20(17)25-13-14-9-10-19(22)16-6-3-2-5-15(14)16/h2-10H,11-13H2,1H3. The van der Waals surface area contributed by atoms with Gasteiger partial charge in [0.15, 0.2) is 0 Å². The minimum atomic E-state index is -0.231. The van der Waals surface area contributed by atoms with Gasteiger partial charge in [0.2, 0.25) is 0 Å².